The quantitative estimate of drug-likeness (QED) is 0.781. The first kappa shape index (κ1) is 20.2. The number of carbonyl (C=O) groups excluding carboxylic acids is 1. The summed E-state index contributed by atoms with van der Waals surface area (Å²) in [6.07, 6.45) is 1.58. The number of hydrogen-bond donors (Lipinski definition) is 1. The zero-order valence-corrected chi connectivity index (χ0v) is 16.8. The summed E-state index contributed by atoms with van der Waals surface area (Å²) in [5.41, 5.74) is 1.01. The van der Waals surface area contributed by atoms with Gasteiger partial charge in [0.1, 0.15) is 0 Å². The Morgan fingerprint density at radius 3 is 2.46 bits per heavy atom. The summed E-state index contributed by atoms with van der Waals surface area (Å²) in [6.45, 7) is 3.74. The van der Waals surface area contributed by atoms with Gasteiger partial charge in [0.15, 0.2) is 11.6 Å². The van der Waals surface area contributed by atoms with Gasteiger partial charge < -0.3 is 10.1 Å². The lowest BCUT2D eigenvalue weighted by Crippen LogP contribution is -2.50. The number of anilines is 1. The molecule has 0 atom stereocenters. The van der Waals surface area contributed by atoms with Crippen LogP contribution in [0.5, 0.6) is 5.75 Å². The molecule has 1 aliphatic heterocycles. The van der Waals surface area contributed by atoms with Crippen LogP contribution in [0.1, 0.15) is 5.56 Å². The van der Waals surface area contributed by atoms with Crippen LogP contribution in [0.2, 0.25) is 0 Å². The van der Waals surface area contributed by atoms with E-state index >= 15 is 0 Å². The minimum absolute atomic E-state index is 0.165. The van der Waals surface area contributed by atoms with E-state index < -0.39 is 10.0 Å². The van der Waals surface area contributed by atoms with Gasteiger partial charge >= 0.3 is 0 Å². The number of nitrogens with zero attached hydrogens (tertiary/aromatic N) is 3. The molecule has 8 nitrogen and oxygen atoms in total. The van der Waals surface area contributed by atoms with Crippen molar-refractivity contribution in [1.29, 1.82) is 0 Å². The van der Waals surface area contributed by atoms with Crippen LogP contribution in [0.4, 0.5) is 5.82 Å². The van der Waals surface area contributed by atoms with Gasteiger partial charge in [-0.15, -0.1) is 0 Å². The number of aromatic nitrogens is 1. The number of piperazine rings is 1. The summed E-state index contributed by atoms with van der Waals surface area (Å²) in [4.78, 5) is 18.6. The molecular weight excluding hydrogens is 380 g/mol. The number of rotatable bonds is 6. The molecule has 9 heteroatoms. The number of sulfonamides is 1. The maximum absolute atomic E-state index is 12.7. The highest BCUT2D eigenvalue weighted by Crippen LogP contribution is 2.20. The molecule has 0 unspecified atom stereocenters. The average Bonchev–Trinajstić information content (AvgIpc) is 2.69. The van der Waals surface area contributed by atoms with Crippen molar-refractivity contribution in [2.75, 3.05) is 45.2 Å². The summed E-state index contributed by atoms with van der Waals surface area (Å²) in [5.74, 6) is 0.646. The number of pyridine rings is 1. The maximum Gasteiger partial charge on any atom is 0.243 e. The Hall–Kier alpha value is -2.49. The van der Waals surface area contributed by atoms with Crippen molar-refractivity contribution in [1.82, 2.24) is 14.2 Å². The Morgan fingerprint density at radius 1 is 1.14 bits per heavy atom. The number of aryl methyl sites for hydroxylation is 1. The second-order valence-corrected chi connectivity index (χ2v) is 8.53. The minimum atomic E-state index is -3.51. The summed E-state index contributed by atoms with van der Waals surface area (Å²) in [7, 11) is -1.99. The summed E-state index contributed by atoms with van der Waals surface area (Å²) < 4.78 is 32.1. The zero-order chi connectivity index (χ0) is 20.1. The largest absolute Gasteiger partial charge is 0.493 e. The Balaban J connectivity index is 1.55. The molecule has 0 radical (unpaired) electrons. The highest BCUT2D eigenvalue weighted by Gasteiger charge is 2.29. The highest BCUT2D eigenvalue weighted by molar-refractivity contribution is 7.89. The molecule has 1 N–H and O–H groups in total. The number of amides is 1. The van der Waals surface area contributed by atoms with Gasteiger partial charge in [-0.3, -0.25) is 9.69 Å². The first-order valence-corrected chi connectivity index (χ1v) is 10.4. The van der Waals surface area contributed by atoms with E-state index in [2.05, 4.69) is 10.3 Å². The summed E-state index contributed by atoms with van der Waals surface area (Å²) in [5, 5.41) is 2.73. The molecule has 2 heterocycles. The third-order valence-electron chi connectivity index (χ3n) is 4.61. The third kappa shape index (κ3) is 4.67. The summed E-state index contributed by atoms with van der Waals surface area (Å²) >= 11 is 0. The minimum Gasteiger partial charge on any atom is -0.493 e. The van der Waals surface area contributed by atoms with Crippen molar-refractivity contribution in [2.24, 2.45) is 0 Å². The van der Waals surface area contributed by atoms with E-state index in [4.69, 9.17) is 4.74 Å². The molecule has 1 aliphatic rings. The molecule has 28 heavy (non-hydrogen) atoms. The van der Waals surface area contributed by atoms with Crippen molar-refractivity contribution in [3.05, 3.63) is 48.2 Å². The van der Waals surface area contributed by atoms with Crippen molar-refractivity contribution < 1.29 is 17.9 Å². The standard InChI is InChI=1S/C19H24N4O4S/c1-15-5-7-16(8-6-15)28(25,26)23-12-10-22(11-13-23)14-18(24)21-19-17(27-2)4-3-9-20-19/h3-9H,10-14H2,1-2H3,(H,20,21,24). The van der Waals surface area contributed by atoms with Crippen LogP contribution >= 0.6 is 0 Å². The van der Waals surface area contributed by atoms with Crippen LogP contribution in [0.3, 0.4) is 0 Å². The second-order valence-electron chi connectivity index (χ2n) is 6.60. The number of methoxy groups -OCH3 is 1. The van der Waals surface area contributed by atoms with Crippen LogP contribution in [-0.4, -0.2) is 68.3 Å². The Morgan fingerprint density at radius 2 is 1.82 bits per heavy atom. The van der Waals surface area contributed by atoms with Gasteiger partial charge in [0.25, 0.3) is 0 Å². The fourth-order valence-corrected chi connectivity index (χ4v) is 4.43. The van der Waals surface area contributed by atoms with Crippen molar-refractivity contribution >= 4 is 21.7 Å². The molecule has 1 amide bonds. The van der Waals surface area contributed by atoms with Gasteiger partial charge in [-0.2, -0.15) is 4.31 Å². The Bertz CT molecular complexity index is 923. The van der Waals surface area contributed by atoms with Gasteiger partial charge in [-0.05, 0) is 31.2 Å². The van der Waals surface area contributed by atoms with Crippen LogP contribution in [0.25, 0.3) is 0 Å². The number of nitrogens with one attached hydrogen (secondary N) is 1. The van der Waals surface area contributed by atoms with E-state index in [1.165, 1.54) is 11.4 Å². The van der Waals surface area contributed by atoms with Crippen LogP contribution in [-0.2, 0) is 14.8 Å². The fourth-order valence-electron chi connectivity index (χ4n) is 3.01. The lowest BCUT2D eigenvalue weighted by molar-refractivity contribution is -0.117. The van der Waals surface area contributed by atoms with Crippen LogP contribution in [0.15, 0.2) is 47.5 Å². The lowest BCUT2D eigenvalue weighted by atomic mass is 10.2. The molecule has 0 aliphatic carbocycles. The van der Waals surface area contributed by atoms with Crippen molar-refractivity contribution in [3.63, 3.8) is 0 Å². The first-order chi connectivity index (χ1) is 13.4. The molecule has 150 valence electrons. The van der Waals surface area contributed by atoms with Crippen LogP contribution in [0, 0.1) is 6.92 Å². The van der Waals surface area contributed by atoms with E-state index in [9.17, 15) is 13.2 Å². The van der Waals surface area contributed by atoms with Crippen molar-refractivity contribution in [3.8, 4) is 5.75 Å². The SMILES string of the molecule is COc1cccnc1NC(=O)CN1CCN(S(=O)(=O)c2ccc(C)cc2)CC1. The third-order valence-corrected chi connectivity index (χ3v) is 6.52. The molecule has 0 bridgehead atoms. The molecule has 1 aromatic carbocycles. The predicted octanol–water partition coefficient (Wildman–Crippen LogP) is 1.34. The van der Waals surface area contributed by atoms with Gasteiger partial charge in [0.2, 0.25) is 15.9 Å². The van der Waals surface area contributed by atoms with E-state index in [1.807, 2.05) is 11.8 Å². The first-order valence-electron chi connectivity index (χ1n) is 8.98. The van der Waals surface area contributed by atoms with Gasteiger partial charge in [0.05, 0.1) is 18.6 Å². The molecule has 0 spiro atoms. The summed E-state index contributed by atoms with van der Waals surface area (Å²) in [6, 6.07) is 10.3. The lowest BCUT2D eigenvalue weighted by Gasteiger charge is -2.33. The molecule has 1 saturated heterocycles. The topological polar surface area (TPSA) is 91.8 Å². The molecule has 0 saturated carbocycles. The number of hydrogen-bond acceptors (Lipinski definition) is 6. The fraction of sp³-hybridized carbons (Fsp3) is 0.368. The number of ether oxygens (including phenoxy) is 1. The van der Waals surface area contributed by atoms with E-state index in [0.29, 0.717) is 42.6 Å². The predicted molar refractivity (Wildman–Crippen MR) is 106 cm³/mol. The van der Waals surface area contributed by atoms with E-state index in [-0.39, 0.29) is 12.5 Å². The van der Waals surface area contributed by atoms with E-state index in [0.717, 1.165) is 5.56 Å². The molecule has 2 aromatic rings. The maximum atomic E-state index is 12.7. The van der Waals surface area contributed by atoms with Gasteiger partial charge in [-0.25, -0.2) is 13.4 Å². The zero-order valence-electron chi connectivity index (χ0n) is 16.0. The molecular formula is C19H24N4O4S. The Labute approximate surface area is 165 Å². The monoisotopic (exact) mass is 404 g/mol. The molecule has 3 rings (SSSR count). The smallest absolute Gasteiger partial charge is 0.243 e. The molecule has 1 fully saturated rings. The number of benzene rings is 1. The number of carbonyl (C=O) groups is 1. The van der Waals surface area contributed by atoms with Crippen molar-refractivity contribution in [2.45, 2.75) is 11.8 Å². The van der Waals surface area contributed by atoms with Gasteiger partial charge in [0, 0.05) is 32.4 Å². The molecule has 1 aromatic heterocycles. The highest BCUT2D eigenvalue weighted by atomic mass is 32.2. The van der Waals surface area contributed by atoms with Gasteiger partial charge in [-0.1, -0.05) is 17.7 Å². The van der Waals surface area contributed by atoms with Crippen LogP contribution < -0.4 is 10.1 Å². The van der Waals surface area contributed by atoms with E-state index in [1.54, 1.807) is 42.6 Å². The second kappa shape index (κ2) is 8.68. The average molecular weight is 404 g/mol. The normalized spacial score (nSPS) is 15.9. The Kier molecular flexibility index (Phi) is 6.28.